The third-order valence-electron chi connectivity index (χ3n) is 4.18. The van der Waals surface area contributed by atoms with Crippen LogP contribution >= 0.6 is 0 Å². The molecule has 0 saturated heterocycles. The van der Waals surface area contributed by atoms with Crippen LogP contribution in [0.3, 0.4) is 0 Å². The first-order valence-electron chi connectivity index (χ1n) is 5.82. The van der Waals surface area contributed by atoms with E-state index in [1.807, 2.05) is 27.7 Å². The van der Waals surface area contributed by atoms with Gasteiger partial charge in [-0.05, 0) is 10.8 Å². The minimum absolute atomic E-state index is 0.0201. The average Bonchev–Trinajstić information content (AvgIpc) is 2.13. The van der Waals surface area contributed by atoms with Crippen LogP contribution in [0.5, 0.6) is 0 Å². The molecule has 2 atom stereocenters. The summed E-state index contributed by atoms with van der Waals surface area (Å²) in [5.74, 6) is 0. The van der Waals surface area contributed by atoms with Crippen LogP contribution in [0.25, 0.3) is 0 Å². The number of aliphatic hydroxyl groups is 2. The second kappa shape index (κ2) is 4.42. The van der Waals surface area contributed by atoms with E-state index in [0.29, 0.717) is 0 Å². The van der Waals surface area contributed by atoms with E-state index in [-0.39, 0.29) is 17.4 Å². The van der Waals surface area contributed by atoms with Crippen molar-refractivity contribution in [2.24, 2.45) is 16.2 Å². The van der Waals surface area contributed by atoms with Gasteiger partial charge in [0.2, 0.25) is 0 Å². The average molecular weight is 216 g/mol. The molecule has 0 rings (SSSR count). The first kappa shape index (κ1) is 14.9. The summed E-state index contributed by atoms with van der Waals surface area (Å²) in [6.45, 7) is 14.4. The van der Waals surface area contributed by atoms with Crippen molar-refractivity contribution in [3.05, 3.63) is 0 Å². The molecule has 15 heavy (non-hydrogen) atoms. The quantitative estimate of drug-likeness (QED) is 0.758. The summed E-state index contributed by atoms with van der Waals surface area (Å²) in [6.07, 6.45) is 0.432. The molecule has 0 aliphatic rings. The van der Waals surface area contributed by atoms with Crippen molar-refractivity contribution in [2.75, 3.05) is 6.61 Å². The monoisotopic (exact) mass is 216 g/mol. The maximum absolute atomic E-state index is 10.4. The van der Waals surface area contributed by atoms with E-state index in [9.17, 15) is 10.2 Å². The molecular formula is C13H28O2. The fourth-order valence-corrected chi connectivity index (χ4v) is 2.03. The minimum atomic E-state index is -0.509. The first-order valence-corrected chi connectivity index (χ1v) is 5.82. The van der Waals surface area contributed by atoms with Crippen molar-refractivity contribution >= 4 is 0 Å². The molecule has 92 valence electrons. The molecular weight excluding hydrogens is 188 g/mol. The minimum Gasteiger partial charge on any atom is -0.396 e. The highest BCUT2D eigenvalue weighted by molar-refractivity contribution is 4.97. The van der Waals surface area contributed by atoms with E-state index < -0.39 is 11.5 Å². The Kier molecular flexibility index (Phi) is 4.40. The Balaban J connectivity index is 5.19. The van der Waals surface area contributed by atoms with E-state index in [1.54, 1.807) is 0 Å². The van der Waals surface area contributed by atoms with Gasteiger partial charge in [0, 0.05) is 5.41 Å². The summed E-state index contributed by atoms with van der Waals surface area (Å²) in [6, 6.07) is 0. The molecule has 0 bridgehead atoms. The van der Waals surface area contributed by atoms with Crippen molar-refractivity contribution in [1.29, 1.82) is 0 Å². The van der Waals surface area contributed by atoms with E-state index in [4.69, 9.17) is 0 Å². The molecule has 0 spiro atoms. The number of hydrogen-bond acceptors (Lipinski definition) is 2. The number of aliphatic hydroxyl groups excluding tert-OH is 2. The summed E-state index contributed by atoms with van der Waals surface area (Å²) >= 11 is 0. The van der Waals surface area contributed by atoms with Crippen LogP contribution in [0.2, 0.25) is 0 Å². The molecule has 2 unspecified atom stereocenters. The lowest BCUT2D eigenvalue weighted by Gasteiger charge is -2.50. The Morgan fingerprint density at radius 3 is 1.60 bits per heavy atom. The Morgan fingerprint density at radius 1 is 1.00 bits per heavy atom. The SMILES string of the molecule is CCC(C)(C)C(C)(CO)C(O)C(C)(C)C. The standard InChI is InChI=1S/C13H28O2/c1-8-12(5,6)13(7,9-14)10(15)11(2,3)4/h10,14-15H,8-9H2,1-7H3. The van der Waals surface area contributed by atoms with E-state index in [2.05, 4.69) is 20.8 Å². The zero-order valence-corrected chi connectivity index (χ0v) is 11.4. The van der Waals surface area contributed by atoms with E-state index in [1.165, 1.54) is 0 Å². The van der Waals surface area contributed by atoms with Gasteiger partial charge in [-0.3, -0.25) is 0 Å². The van der Waals surface area contributed by atoms with Gasteiger partial charge in [0.15, 0.2) is 0 Å². The van der Waals surface area contributed by atoms with Crippen molar-refractivity contribution in [2.45, 2.75) is 61.0 Å². The smallest absolute Gasteiger partial charge is 0.0669 e. The summed E-state index contributed by atoms with van der Waals surface area (Å²) < 4.78 is 0. The molecule has 0 radical (unpaired) electrons. The molecule has 2 N–H and O–H groups in total. The predicted octanol–water partition coefficient (Wildman–Crippen LogP) is 2.83. The summed E-state index contributed by atoms with van der Waals surface area (Å²) in [5, 5.41) is 20.0. The third kappa shape index (κ3) is 2.73. The summed E-state index contributed by atoms with van der Waals surface area (Å²) in [5.41, 5.74) is -0.738. The fourth-order valence-electron chi connectivity index (χ4n) is 2.03. The lowest BCUT2D eigenvalue weighted by atomic mass is 9.58. The van der Waals surface area contributed by atoms with E-state index >= 15 is 0 Å². The van der Waals surface area contributed by atoms with Crippen molar-refractivity contribution in [3.63, 3.8) is 0 Å². The highest BCUT2D eigenvalue weighted by Crippen LogP contribution is 2.48. The fraction of sp³-hybridized carbons (Fsp3) is 1.00. The Labute approximate surface area is 94.7 Å². The molecule has 0 aliphatic heterocycles. The topological polar surface area (TPSA) is 40.5 Å². The molecule has 0 fully saturated rings. The molecule has 0 aliphatic carbocycles. The maximum Gasteiger partial charge on any atom is 0.0669 e. The number of hydrogen-bond donors (Lipinski definition) is 2. The Morgan fingerprint density at radius 2 is 1.40 bits per heavy atom. The van der Waals surface area contributed by atoms with Crippen LogP contribution in [0.1, 0.15) is 54.9 Å². The zero-order chi connectivity index (χ0) is 12.5. The second-order valence-electron chi connectivity index (χ2n) is 6.58. The van der Waals surface area contributed by atoms with Crippen molar-refractivity contribution in [1.82, 2.24) is 0 Å². The molecule has 0 aromatic heterocycles. The molecule has 2 heteroatoms. The van der Waals surface area contributed by atoms with Gasteiger partial charge in [-0.2, -0.15) is 0 Å². The first-order chi connectivity index (χ1) is 6.53. The van der Waals surface area contributed by atoms with Gasteiger partial charge in [0.05, 0.1) is 12.7 Å². The van der Waals surface area contributed by atoms with E-state index in [0.717, 1.165) is 6.42 Å². The highest BCUT2D eigenvalue weighted by Gasteiger charge is 2.48. The van der Waals surface area contributed by atoms with Gasteiger partial charge < -0.3 is 10.2 Å². The predicted molar refractivity (Wildman–Crippen MR) is 64.7 cm³/mol. The normalized spacial score (nSPS) is 19.8. The molecule has 0 heterocycles. The van der Waals surface area contributed by atoms with Crippen molar-refractivity contribution < 1.29 is 10.2 Å². The van der Waals surface area contributed by atoms with Gasteiger partial charge >= 0.3 is 0 Å². The third-order valence-corrected chi connectivity index (χ3v) is 4.18. The number of rotatable bonds is 4. The van der Waals surface area contributed by atoms with Gasteiger partial charge in [-0.25, -0.2) is 0 Å². The summed E-state index contributed by atoms with van der Waals surface area (Å²) in [4.78, 5) is 0. The lowest BCUT2D eigenvalue weighted by Crippen LogP contribution is -2.52. The van der Waals surface area contributed by atoms with Crippen LogP contribution in [0, 0.1) is 16.2 Å². The highest BCUT2D eigenvalue weighted by atomic mass is 16.3. The van der Waals surface area contributed by atoms with Crippen LogP contribution in [-0.2, 0) is 0 Å². The Bertz CT molecular complexity index is 203. The largest absolute Gasteiger partial charge is 0.396 e. The second-order valence-corrected chi connectivity index (χ2v) is 6.58. The van der Waals surface area contributed by atoms with Gasteiger partial charge in [-0.15, -0.1) is 0 Å². The lowest BCUT2D eigenvalue weighted by molar-refractivity contribution is -0.128. The van der Waals surface area contributed by atoms with Crippen LogP contribution < -0.4 is 0 Å². The van der Waals surface area contributed by atoms with Gasteiger partial charge in [-0.1, -0.05) is 54.9 Å². The van der Waals surface area contributed by atoms with Crippen LogP contribution in [-0.4, -0.2) is 22.9 Å². The van der Waals surface area contributed by atoms with Crippen LogP contribution in [0.4, 0.5) is 0 Å². The van der Waals surface area contributed by atoms with Crippen molar-refractivity contribution in [3.8, 4) is 0 Å². The van der Waals surface area contributed by atoms with Gasteiger partial charge in [0.25, 0.3) is 0 Å². The Hall–Kier alpha value is -0.0800. The summed E-state index contributed by atoms with van der Waals surface area (Å²) in [7, 11) is 0. The molecule has 0 amide bonds. The molecule has 0 aromatic carbocycles. The van der Waals surface area contributed by atoms with Crippen LogP contribution in [0.15, 0.2) is 0 Å². The van der Waals surface area contributed by atoms with Gasteiger partial charge in [0.1, 0.15) is 0 Å². The molecule has 0 aromatic rings. The molecule has 0 saturated carbocycles. The zero-order valence-electron chi connectivity index (χ0n) is 11.4. The maximum atomic E-state index is 10.4. The molecule has 2 nitrogen and oxygen atoms in total.